The Bertz CT molecular complexity index is 209. The Morgan fingerprint density at radius 2 is 1.35 bits per heavy atom. The molecule has 0 heterocycles. The van der Waals surface area contributed by atoms with E-state index < -0.39 is 0 Å². The number of nitrogens with zero attached hydrogens (tertiary/aromatic N) is 1. The van der Waals surface area contributed by atoms with Crippen LogP contribution in [0, 0.1) is 0 Å². The molecule has 0 atom stereocenters. The van der Waals surface area contributed by atoms with Gasteiger partial charge in [-0.3, -0.25) is 0 Å². The van der Waals surface area contributed by atoms with Gasteiger partial charge < -0.3 is 10.6 Å². The predicted molar refractivity (Wildman–Crippen MR) is 90.1 cm³/mol. The number of unbranched alkanes of at least 4 members (excludes halogenated alkanes) is 7. The van der Waals surface area contributed by atoms with Crippen molar-refractivity contribution in [3.63, 3.8) is 0 Å². The van der Waals surface area contributed by atoms with Gasteiger partial charge >= 0.3 is 0 Å². The third-order valence-corrected chi connectivity index (χ3v) is 4.96. The average molecular weight is 283 g/mol. The van der Waals surface area contributed by atoms with Crippen molar-refractivity contribution in [1.29, 1.82) is 0 Å². The summed E-state index contributed by atoms with van der Waals surface area (Å²) in [4.78, 5) is 2.71. The quantitative estimate of drug-likeness (QED) is 0.556. The predicted octanol–water partition coefficient (Wildman–Crippen LogP) is 4.72. The highest BCUT2D eigenvalue weighted by molar-refractivity contribution is 4.80. The van der Waals surface area contributed by atoms with Crippen LogP contribution in [-0.2, 0) is 0 Å². The lowest BCUT2D eigenvalue weighted by Crippen LogP contribution is -2.41. The summed E-state index contributed by atoms with van der Waals surface area (Å²) in [6, 6.07) is 1.30. The van der Waals surface area contributed by atoms with Crippen molar-refractivity contribution in [1.82, 2.24) is 4.90 Å². The molecule has 2 nitrogen and oxygen atoms in total. The standard InChI is InChI=1S/C18H38N2/c1-3-5-6-7-8-9-10-11-16-20(4-2)18-14-12-17(19)13-15-18/h17-18H,3-16,19H2,1-2H3. The van der Waals surface area contributed by atoms with Crippen LogP contribution in [0.5, 0.6) is 0 Å². The van der Waals surface area contributed by atoms with E-state index in [1.165, 1.54) is 90.1 Å². The van der Waals surface area contributed by atoms with Crippen LogP contribution in [0.1, 0.15) is 90.9 Å². The van der Waals surface area contributed by atoms with E-state index >= 15 is 0 Å². The molecule has 1 fully saturated rings. The minimum Gasteiger partial charge on any atom is -0.328 e. The lowest BCUT2D eigenvalue weighted by Gasteiger charge is -2.35. The second-order valence-corrected chi connectivity index (χ2v) is 6.67. The molecule has 1 aliphatic rings. The summed E-state index contributed by atoms with van der Waals surface area (Å²) in [5.74, 6) is 0. The lowest BCUT2D eigenvalue weighted by atomic mass is 9.90. The van der Waals surface area contributed by atoms with Gasteiger partial charge in [0.2, 0.25) is 0 Å². The molecule has 0 radical (unpaired) electrons. The van der Waals surface area contributed by atoms with E-state index in [9.17, 15) is 0 Å². The van der Waals surface area contributed by atoms with E-state index in [-0.39, 0.29) is 0 Å². The van der Waals surface area contributed by atoms with Crippen molar-refractivity contribution >= 4 is 0 Å². The van der Waals surface area contributed by atoms with Gasteiger partial charge in [-0.25, -0.2) is 0 Å². The van der Waals surface area contributed by atoms with Crippen LogP contribution in [0.2, 0.25) is 0 Å². The van der Waals surface area contributed by atoms with Gasteiger partial charge in [0, 0.05) is 12.1 Å². The summed E-state index contributed by atoms with van der Waals surface area (Å²) in [5.41, 5.74) is 6.01. The maximum Gasteiger partial charge on any atom is 0.00962 e. The highest BCUT2D eigenvalue weighted by Gasteiger charge is 2.22. The average Bonchev–Trinajstić information content (AvgIpc) is 2.47. The van der Waals surface area contributed by atoms with Gasteiger partial charge in [0.15, 0.2) is 0 Å². The molecule has 0 aromatic heterocycles. The fourth-order valence-electron chi connectivity index (χ4n) is 3.51. The van der Waals surface area contributed by atoms with Crippen LogP contribution < -0.4 is 5.73 Å². The zero-order chi connectivity index (χ0) is 14.6. The maximum atomic E-state index is 6.01. The molecular weight excluding hydrogens is 244 g/mol. The highest BCUT2D eigenvalue weighted by atomic mass is 15.1. The van der Waals surface area contributed by atoms with Crippen molar-refractivity contribution in [3.05, 3.63) is 0 Å². The Balaban J connectivity index is 2.01. The van der Waals surface area contributed by atoms with Crippen molar-refractivity contribution < 1.29 is 0 Å². The molecule has 0 unspecified atom stereocenters. The summed E-state index contributed by atoms with van der Waals surface area (Å²) in [6.07, 6.45) is 16.5. The monoisotopic (exact) mass is 282 g/mol. The van der Waals surface area contributed by atoms with E-state index in [1.807, 2.05) is 0 Å². The zero-order valence-electron chi connectivity index (χ0n) is 14.1. The highest BCUT2D eigenvalue weighted by Crippen LogP contribution is 2.22. The Kier molecular flexibility index (Phi) is 10.4. The van der Waals surface area contributed by atoms with Gasteiger partial charge in [-0.05, 0) is 45.2 Å². The van der Waals surface area contributed by atoms with E-state index in [2.05, 4.69) is 18.7 Å². The number of hydrogen-bond donors (Lipinski definition) is 1. The summed E-state index contributed by atoms with van der Waals surface area (Å²) in [6.45, 7) is 7.14. The van der Waals surface area contributed by atoms with Crippen molar-refractivity contribution in [2.24, 2.45) is 5.73 Å². The van der Waals surface area contributed by atoms with Crippen LogP contribution in [0.25, 0.3) is 0 Å². The van der Waals surface area contributed by atoms with E-state index in [1.54, 1.807) is 0 Å². The minimum atomic E-state index is 0.480. The molecule has 0 bridgehead atoms. The third kappa shape index (κ3) is 7.64. The molecule has 20 heavy (non-hydrogen) atoms. The molecule has 0 aliphatic heterocycles. The van der Waals surface area contributed by atoms with Crippen molar-refractivity contribution in [2.45, 2.75) is 103 Å². The van der Waals surface area contributed by atoms with Crippen LogP contribution in [0.15, 0.2) is 0 Å². The molecular formula is C18H38N2. The summed E-state index contributed by atoms with van der Waals surface area (Å²) >= 11 is 0. The molecule has 1 saturated carbocycles. The first-order valence-corrected chi connectivity index (χ1v) is 9.27. The molecule has 0 amide bonds. The molecule has 0 aromatic carbocycles. The molecule has 0 spiro atoms. The van der Waals surface area contributed by atoms with Gasteiger partial charge in [0.1, 0.15) is 0 Å². The summed E-state index contributed by atoms with van der Waals surface area (Å²) in [7, 11) is 0. The van der Waals surface area contributed by atoms with Gasteiger partial charge in [-0.15, -0.1) is 0 Å². The number of rotatable bonds is 11. The minimum absolute atomic E-state index is 0.480. The third-order valence-electron chi connectivity index (χ3n) is 4.96. The van der Waals surface area contributed by atoms with Gasteiger partial charge in [0.25, 0.3) is 0 Å². The molecule has 2 N–H and O–H groups in total. The van der Waals surface area contributed by atoms with Crippen LogP contribution in [0.4, 0.5) is 0 Å². The molecule has 0 aromatic rings. The number of hydrogen-bond acceptors (Lipinski definition) is 2. The van der Waals surface area contributed by atoms with Crippen LogP contribution in [-0.4, -0.2) is 30.1 Å². The fourth-order valence-corrected chi connectivity index (χ4v) is 3.51. The van der Waals surface area contributed by atoms with Crippen LogP contribution >= 0.6 is 0 Å². The second kappa shape index (κ2) is 11.6. The number of nitrogens with two attached hydrogens (primary N) is 1. The first-order chi connectivity index (χ1) is 9.77. The molecule has 2 heteroatoms. The van der Waals surface area contributed by atoms with Crippen molar-refractivity contribution in [2.75, 3.05) is 13.1 Å². The van der Waals surface area contributed by atoms with Gasteiger partial charge in [-0.2, -0.15) is 0 Å². The Morgan fingerprint density at radius 1 is 0.800 bits per heavy atom. The van der Waals surface area contributed by atoms with Crippen LogP contribution in [0.3, 0.4) is 0 Å². The first kappa shape index (κ1) is 18.0. The first-order valence-electron chi connectivity index (χ1n) is 9.27. The smallest absolute Gasteiger partial charge is 0.00962 e. The van der Waals surface area contributed by atoms with E-state index in [4.69, 9.17) is 5.73 Å². The fraction of sp³-hybridized carbons (Fsp3) is 1.00. The second-order valence-electron chi connectivity index (χ2n) is 6.67. The van der Waals surface area contributed by atoms with Crippen molar-refractivity contribution in [3.8, 4) is 0 Å². The molecule has 1 aliphatic carbocycles. The van der Waals surface area contributed by atoms with Gasteiger partial charge in [-0.1, -0.05) is 58.8 Å². The Hall–Kier alpha value is -0.0800. The largest absolute Gasteiger partial charge is 0.328 e. The topological polar surface area (TPSA) is 29.3 Å². The molecule has 0 saturated heterocycles. The zero-order valence-corrected chi connectivity index (χ0v) is 14.1. The Labute approximate surface area is 127 Å². The summed E-state index contributed by atoms with van der Waals surface area (Å²) in [5, 5.41) is 0. The normalized spacial score (nSPS) is 23.4. The SMILES string of the molecule is CCCCCCCCCCN(CC)C1CCC(N)CC1. The van der Waals surface area contributed by atoms with Gasteiger partial charge in [0.05, 0.1) is 0 Å². The maximum absolute atomic E-state index is 6.01. The lowest BCUT2D eigenvalue weighted by molar-refractivity contribution is 0.154. The Morgan fingerprint density at radius 3 is 1.90 bits per heavy atom. The molecule has 1 rings (SSSR count). The van der Waals surface area contributed by atoms with E-state index in [0.717, 1.165) is 6.04 Å². The molecule has 120 valence electrons. The summed E-state index contributed by atoms with van der Waals surface area (Å²) < 4.78 is 0. The van der Waals surface area contributed by atoms with E-state index in [0.29, 0.717) is 6.04 Å².